The van der Waals surface area contributed by atoms with Crippen molar-refractivity contribution in [1.82, 2.24) is 14.9 Å². The number of fused-ring (bicyclic) bond motifs is 1. The summed E-state index contributed by atoms with van der Waals surface area (Å²) in [7, 11) is 0. The minimum absolute atomic E-state index is 0.295. The largest absolute Gasteiger partial charge is 0.476 e. The summed E-state index contributed by atoms with van der Waals surface area (Å²) in [5.74, 6) is 0.775. The summed E-state index contributed by atoms with van der Waals surface area (Å²) in [5, 5.41) is 12.6. The molecule has 19 heavy (non-hydrogen) atoms. The molecule has 1 aromatic rings. The molecule has 0 amide bonds. The number of carbonyl (C=O) groups is 1. The van der Waals surface area contributed by atoms with Gasteiger partial charge in [-0.25, -0.2) is 9.78 Å². The van der Waals surface area contributed by atoms with Crippen LogP contribution in [0.1, 0.15) is 47.7 Å². The number of hydrogen-bond donors (Lipinski definition) is 2. The van der Waals surface area contributed by atoms with Gasteiger partial charge < -0.3 is 15.0 Å². The summed E-state index contributed by atoms with van der Waals surface area (Å²) < 4.78 is 2.18. The molecule has 3 heterocycles. The number of carboxylic acids is 1. The van der Waals surface area contributed by atoms with Crippen LogP contribution in [0.5, 0.6) is 0 Å². The van der Waals surface area contributed by atoms with Crippen LogP contribution in [-0.4, -0.2) is 33.7 Å². The lowest BCUT2D eigenvalue weighted by Gasteiger charge is -2.23. The van der Waals surface area contributed by atoms with E-state index in [9.17, 15) is 9.90 Å². The first-order valence-corrected chi connectivity index (χ1v) is 7.28. The maximum Gasteiger partial charge on any atom is 0.356 e. The Morgan fingerprint density at radius 2 is 2.16 bits per heavy atom. The zero-order chi connectivity index (χ0) is 13.2. The van der Waals surface area contributed by atoms with Gasteiger partial charge in [-0.2, -0.15) is 0 Å². The van der Waals surface area contributed by atoms with Gasteiger partial charge in [0.2, 0.25) is 0 Å². The Balaban J connectivity index is 1.85. The van der Waals surface area contributed by atoms with Crippen LogP contribution in [0.4, 0.5) is 0 Å². The number of nitrogens with one attached hydrogen (secondary N) is 1. The van der Waals surface area contributed by atoms with Crippen LogP contribution in [0.3, 0.4) is 0 Å². The van der Waals surface area contributed by atoms with Crippen LogP contribution in [0, 0.1) is 5.92 Å². The van der Waals surface area contributed by atoms with Gasteiger partial charge in [0.15, 0.2) is 5.69 Å². The van der Waals surface area contributed by atoms with Crippen LogP contribution >= 0.6 is 0 Å². The lowest BCUT2D eigenvalue weighted by molar-refractivity contribution is 0.0689. The van der Waals surface area contributed by atoms with Gasteiger partial charge in [0.1, 0.15) is 5.82 Å². The first-order chi connectivity index (χ1) is 9.25. The van der Waals surface area contributed by atoms with E-state index in [2.05, 4.69) is 14.9 Å². The smallest absolute Gasteiger partial charge is 0.356 e. The fourth-order valence-electron chi connectivity index (χ4n) is 3.29. The van der Waals surface area contributed by atoms with Crippen LogP contribution in [-0.2, 0) is 19.4 Å². The van der Waals surface area contributed by atoms with Crippen LogP contribution in [0.25, 0.3) is 0 Å². The summed E-state index contributed by atoms with van der Waals surface area (Å²) in [6, 6.07) is 0. The predicted molar refractivity (Wildman–Crippen MR) is 71.4 cm³/mol. The molecule has 2 aliphatic rings. The topological polar surface area (TPSA) is 67.2 Å². The lowest BCUT2D eigenvalue weighted by Crippen LogP contribution is -2.29. The quantitative estimate of drug-likeness (QED) is 0.866. The van der Waals surface area contributed by atoms with E-state index in [4.69, 9.17) is 0 Å². The second-order valence-electron chi connectivity index (χ2n) is 5.63. The number of hydrogen-bond acceptors (Lipinski definition) is 3. The van der Waals surface area contributed by atoms with Crippen LogP contribution < -0.4 is 5.32 Å². The summed E-state index contributed by atoms with van der Waals surface area (Å²) in [6.07, 6.45) is 6.36. The highest BCUT2D eigenvalue weighted by Crippen LogP contribution is 2.24. The highest BCUT2D eigenvalue weighted by atomic mass is 16.4. The molecule has 0 bridgehead atoms. The summed E-state index contributed by atoms with van der Waals surface area (Å²) >= 11 is 0. The predicted octanol–water partition coefficient (Wildman–Crippen LogP) is 1.46. The summed E-state index contributed by atoms with van der Waals surface area (Å²) in [4.78, 5) is 15.7. The minimum atomic E-state index is -0.873. The molecule has 1 saturated heterocycles. The highest BCUT2D eigenvalue weighted by molar-refractivity contribution is 5.86. The van der Waals surface area contributed by atoms with Crippen LogP contribution in [0.15, 0.2) is 0 Å². The third kappa shape index (κ3) is 2.52. The summed E-state index contributed by atoms with van der Waals surface area (Å²) in [5.41, 5.74) is 1.24. The SMILES string of the molecule is O=C(O)c1nc(CC2CCNCC2)n2c1CCCC2. The third-order valence-electron chi connectivity index (χ3n) is 4.33. The normalized spacial score (nSPS) is 20.2. The highest BCUT2D eigenvalue weighted by Gasteiger charge is 2.25. The van der Waals surface area contributed by atoms with E-state index in [1.165, 1.54) is 12.8 Å². The fourth-order valence-corrected chi connectivity index (χ4v) is 3.29. The molecule has 104 valence electrons. The number of piperidine rings is 1. The van der Waals surface area contributed by atoms with E-state index in [0.29, 0.717) is 11.6 Å². The van der Waals surface area contributed by atoms with Gasteiger partial charge >= 0.3 is 5.97 Å². The number of aromatic nitrogens is 2. The molecule has 0 unspecified atom stereocenters. The third-order valence-corrected chi connectivity index (χ3v) is 4.33. The molecule has 1 fully saturated rings. The average Bonchev–Trinajstić information content (AvgIpc) is 2.79. The number of carboxylic acid groups (broad SMARTS) is 1. The van der Waals surface area contributed by atoms with Gasteiger partial charge in [0.25, 0.3) is 0 Å². The van der Waals surface area contributed by atoms with E-state index >= 15 is 0 Å². The Morgan fingerprint density at radius 1 is 1.37 bits per heavy atom. The number of imidazole rings is 1. The number of aromatic carboxylic acids is 1. The second-order valence-corrected chi connectivity index (χ2v) is 5.63. The molecule has 0 atom stereocenters. The molecular weight excluding hydrogens is 242 g/mol. The van der Waals surface area contributed by atoms with E-state index in [1.807, 2.05) is 0 Å². The molecule has 0 spiro atoms. The van der Waals surface area contributed by atoms with Gasteiger partial charge in [-0.3, -0.25) is 0 Å². The van der Waals surface area contributed by atoms with Crippen molar-refractivity contribution in [3.05, 3.63) is 17.2 Å². The molecule has 2 aliphatic heterocycles. The molecule has 3 rings (SSSR count). The first-order valence-electron chi connectivity index (χ1n) is 7.28. The fraction of sp³-hybridized carbons (Fsp3) is 0.714. The second kappa shape index (κ2) is 5.33. The lowest BCUT2D eigenvalue weighted by atomic mass is 9.94. The van der Waals surface area contributed by atoms with Gasteiger partial charge in [-0.1, -0.05) is 0 Å². The van der Waals surface area contributed by atoms with Crippen molar-refractivity contribution in [2.75, 3.05) is 13.1 Å². The van der Waals surface area contributed by atoms with Crippen LogP contribution in [0.2, 0.25) is 0 Å². The molecule has 0 saturated carbocycles. The van der Waals surface area contributed by atoms with Gasteiger partial charge in [0.05, 0.1) is 5.69 Å². The van der Waals surface area contributed by atoms with Gasteiger partial charge in [-0.15, -0.1) is 0 Å². The van der Waals surface area contributed by atoms with Gasteiger partial charge in [-0.05, 0) is 51.1 Å². The van der Waals surface area contributed by atoms with E-state index in [-0.39, 0.29) is 0 Å². The molecule has 5 heteroatoms. The molecule has 0 radical (unpaired) electrons. The van der Waals surface area contributed by atoms with Crippen molar-refractivity contribution >= 4 is 5.97 Å². The Morgan fingerprint density at radius 3 is 2.89 bits per heavy atom. The first kappa shape index (κ1) is 12.7. The Labute approximate surface area is 113 Å². The minimum Gasteiger partial charge on any atom is -0.476 e. The summed E-state index contributed by atoms with van der Waals surface area (Å²) in [6.45, 7) is 3.09. The number of nitrogens with zero attached hydrogens (tertiary/aromatic N) is 2. The molecular formula is C14H21N3O2. The number of rotatable bonds is 3. The molecule has 0 aromatic carbocycles. The zero-order valence-corrected chi connectivity index (χ0v) is 11.2. The maximum absolute atomic E-state index is 11.3. The van der Waals surface area contributed by atoms with Crippen molar-refractivity contribution < 1.29 is 9.90 Å². The Kier molecular flexibility index (Phi) is 3.55. The Bertz CT molecular complexity index is 475. The monoisotopic (exact) mass is 263 g/mol. The molecule has 0 aliphatic carbocycles. The Hall–Kier alpha value is -1.36. The standard InChI is InChI=1S/C14H21N3O2/c18-14(19)13-11-3-1-2-8-17(11)12(16-13)9-10-4-6-15-7-5-10/h10,15H,1-9H2,(H,18,19). The van der Waals surface area contributed by atoms with Crippen molar-refractivity contribution in [1.29, 1.82) is 0 Å². The average molecular weight is 263 g/mol. The van der Waals surface area contributed by atoms with Crippen molar-refractivity contribution in [2.45, 2.75) is 45.1 Å². The molecule has 2 N–H and O–H groups in total. The zero-order valence-electron chi connectivity index (χ0n) is 11.2. The maximum atomic E-state index is 11.3. The van der Waals surface area contributed by atoms with Crippen molar-refractivity contribution in [3.63, 3.8) is 0 Å². The van der Waals surface area contributed by atoms with Crippen molar-refractivity contribution in [3.8, 4) is 0 Å². The molecule has 1 aromatic heterocycles. The molecule has 5 nitrogen and oxygen atoms in total. The van der Waals surface area contributed by atoms with Gasteiger partial charge in [0, 0.05) is 13.0 Å². The van der Waals surface area contributed by atoms with Crippen molar-refractivity contribution in [2.24, 2.45) is 5.92 Å². The van der Waals surface area contributed by atoms with E-state index < -0.39 is 5.97 Å². The van der Waals surface area contributed by atoms with E-state index in [0.717, 1.165) is 56.8 Å². The van der Waals surface area contributed by atoms with E-state index in [1.54, 1.807) is 0 Å².